The van der Waals surface area contributed by atoms with E-state index in [9.17, 15) is 4.79 Å². The van der Waals surface area contributed by atoms with Gasteiger partial charge in [0.1, 0.15) is 0 Å². The highest BCUT2D eigenvalue weighted by Gasteiger charge is 2.12. The van der Waals surface area contributed by atoms with Crippen LogP contribution in [0, 0.1) is 0 Å². The second-order valence-electron chi connectivity index (χ2n) is 2.72. The maximum Gasteiger partial charge on any atom is 0.292 e. The molecule has 1 rings (SSSR count). The van der Waals surface area contributed by atoms with Gasteiger partial charge in [0.25, 0.3) is 11.7 Å². The minimum atomic E-state index is -0.299. The van der Waals surface area contributed by atoms with Gasteiger partial charge in [-0.15, -0.1) is 0 Å². The van der Waals surface area contributed by atoms with Gasteiger partial charge in [-0.2, -0.15) is 4.98 Å². The van der Waals surface area contributed by atoms with E-state index in [4.69, 9.17) is 4.52 Å². The predicted molar refractivity (Wildman–Crippen MR) is 49.9 cm³/mol. The summed E-state index contributed by atoms with van der Waals surface area (Å²) in [6.45, 7) is 3.14. The fraction of sp³-hybridized carbons (Fsp3) is 0.625. The van der Waals surface area contributed by atoms with Crippen LogP contribution in [0.25, 0.3) is 0 Å². The molecule has 0 saturated heterocycles. The smallest absolute Gasteiger partial charge is 0.292 e. The fourth-order valence-corrected chi connectivity index (χ4v) is 0.920. The normalized spacial score (nSPS) is 10.1. The van der Waals surface area contributed by atoms with E-state index in [-0.39, 0.29) is 11.7 Å². The number of nitrogens with zero attached hydrogens (tertiary/aromatic N) is 2. The number of hydrogen-bond acceptors (Lipinski definition) is 5. The SMILES string of the molecule is CCNC(=O)c1noc(CCNC)n1. The highest BCUT2D eigenvalue weighted by Crippen LogP contribution is 1.97. The molecule has 1 heterocycles. The molecule has 0 atom stereocenters. The first-order chi connectivity index (χ1) is 6.77. The maximum atomic E-state index is 11.2. The molecule has 0 aliphatic rings. The summed E-state index contributed by atoms with van der Waals surface area (Å²) in [5.74, 6) is 0.269. The molecule has 0 radical (unpaired) electrons. The van der Waals surface area contributed by atoms with Gasteiger partial charge in [-0.1, -0.05) is 5.16 Å². The maximum absolute atomic E-state index is 11.2. The van der Waals surface area contributed by atoms with E-state index in [0.717, 1.165) is 6.54 Å². The van der Waals surface area contributed by atoms with Crippen molar-refractivity contribution in [1.29, 1.82) is 0 Å². The van der Waals surface area contributed by atoms with Crippen LogP contribution in [0.5, 0.6) is 0 Å². The number of hydrogen-bond donors (Lipinski definition) is 2. The molecule has 14 heavy (non-hydrogen) atoms. The molecule has 0 spiro atoms. The van der Waals surface area contributed by atoms with E-state index in [1.54, 1.807) is 0 Å². The van der Waals surface area contributed by atoms with Gasteiger partial charge in [0.15, 0.2) is 0 Å². The first kappa shape index (κ1) is 10.6. The van der Waals surface area contributed by atoms with E-state index in [2.05, 4.69) is 20.8 Å². The molecule has 0 bridgehead atoms. The van der Waals surface area contributed by atoms with Crippen molar-refractivity contribution >= 4 is 5.91 Å². The third-order valence-electron chi connectivity index (χ3n) is 1.60. The monoisotopic (exact) mass is 198 g/mol. The summed E-state index contributed by atoms with van der Waals surface area (Å²) in [4.78, 5) is 15.2. The summed E-state index contributed by atoms with van der Waals surface area (Å²) in [5.41, 5.74) is 0. The van der Waals surface area contributed by atoms with Gasteiger partial charge in [0.2, 0.25) is 5.89 Å². The van der Waals surface area contributed by atoms with Crippen molar-refractivity contribution in [1.82, 2.24) is 20.8 Å². The van der Waals surface area contributed by atoms with Gasteiger partial charge in [-0.25, -0.2) is 0 Å². The van der Waals surface area contributed by atoms with Crippen molar-refractivity contribution < 1.29 is 9.32 Å². The molecule has 0 aliphatic heterocycles. The first-order valence-electron chi connectivity index (χ1n) is 4.53. The molecule has 6 nitrogen and oxygen atoms in total. The van der Waals surface area contributed by atoms with Crippen LogP contribution in [0.15, 0.2) is 4.52 Å². The summed E-state index contributed by atoms with van der Waals surface area (Å²) in [7, 11) is 1.83. The molecule has 2 N–H and O–H groups in total. The van der Waals surface area contributed by atoms with Crippen LogP contribution in [0.2, 0.25) is 0 Å². The Morgan fingerprint density at radius 2 is 2.36 bits per heavy atom. The zero-order valence-corrected chi connectivity index (χ0v) is 8.33. The summed E-state index contributed by atoms with van der Waals surface area (Å²) in [6.07, 6.45) is 0.628. The number of carbonyl (C=O) groups excluding carboxylic acids is 1. The third kappa shape index (κ3) is 2.81. The molecule has 1 aromatic heterocycles. The summed E-state index contributed by atoms with van der Waals surface area (Å²) < 4.78 is 4.87. The standard InChI is InChI=1S/C8H14N4O2/c1-3-10-8(13)7-11-6(14-12-7)4-5-9-2/h9H,3-5H2,1-2H3,(H,10,13). The van der Waals surface area contributed by atoms with E-state index >= 15 is 0 Å². The topological polar surface area (TPSA) is 80.0 Å². The zero-order valence-electron chi connectivity index (χ0n) is 8.33. The number of likely N-dealkylation sites (N-methyl/N-ethyl adjacent to an activating group) is 1. The third-order valence-corrected chi connectivity index (χ3v) is 1.60. The lowest BCUT2D eigenvalue weighted by molar-refractivity contribution is 0.0942. The average Bonchev–Trinajstić information content (AvgIpc) is 2.63. The lowest BCUT2D eigenvalue weighted by atomic mass is 10.4. The number of aromatic nitrogens is 2. The molecule has 0 saturated carbocycles. The van der Waals surface area contributed by atoms with Crippen LogP contribution in [0.1, 0.15) is 23.4 Å². The Labute approximate surface area is 82.1 Å². The largest absolute Gasteiger partial charge is 0.349 e. The number of amides is 1. The van der Waals surface area contributed by atoms with Crippen LogP contribution in [0.3, 0.4) is 0 Å². The van der Waals surface area contributed by atoms with Crippen LogP contribution >= 0.6 is 0 Å². The minimum absolute atomic E-state index is 0.0953. The highest BCUT2D eigenvalue weighted by molar-refractivity contribution is 5.90. The lowest BCUT2D eigenvalue weighted by Crippen LogP contribution is -2.23. The highest BCUT2D eigenvalue weighted by atomic mass is 16.5. The van der Waals surface area contributed by atoms with Crippen molar-refractivity contribution in [3.8, 4) is 0 Å². The second-order valence-corrected chi connectivity index (χ2v) is 2.72. The Morgan fingerprint density at radius 3 is 3.00 bits per heavy atom. The van der Waals surface area contributed by atoms with Crippen molar-refractivity contribution in [2.45, 2.75) is 13.3 Å². The van der Waals surface area contributed by atoms with E-state index < -0.39 is 0 Å². The van der Waals surface area contributed by atoms with Gasteiger partial charge in [0, 0.05) is 19.5 Å². The Bertz CT molecular complexity index is 297. The van der Waals surface area contributed by atoms with Crippen LogP contribution < -0.4 is 10.6 Å². The molecule has 78 valence electrons. The van der Waals surface area contributed by atoms with E-state index in [1.807, 2.05) is 14.0 Å². The van der Waals surface area contributed by atoms with Crippen LogP contribution in [-0.4, -0.2) is 36.2 Å². The van der Waals surface area contributed by atoms with Crippen molar-refractivity contribution in [3.63, 3.8) is 0 Å². The molecule has 0 aromatic carbocycles. The molecule has 1 aromatic rings. The molecular formula is C8H14N4O2. The van der Waals surface area contributed by atoms with Gasteiger partial charge < -0.3 is 15.2 Å². The molecule has 0 fully saturated rings. The lowest BCUT2D eigenvalue weighted by Gasteiger charge is -1.93. The van der Waals surface area contributed by atoms with Gasteiger partial charge >= 0.3 is 0 Å². The Morgan fingerprint density at radius 1 is 1.57 bits per heavy atom. The number of nitrogens with one attached hydrogen (secondary N) is 2. The quantitative estimate of drug-likeness (QED) is 0.671. The van der Waals surface area contributed by atoms with E-state index in [0.29, 0.717) is 18.9 Å². The van der Waals surface area contributed by atoms with Crippen molar-refractivity contribution in [3.05, 3.63) is 11.7 Å². The van der Waals surface area contributed by atoms with E-state index in [1.165, 1.54) is 0 Å². The zero-order chi connectivity index (χ0) is 10.4. The Balaban J connectivity index is 2.54. The molecular weight excluding hydrogens is 184 g/mol. The first-order valence-corrected chi connectivity index (χ1v) is 4.53. The molecule has 6 heteroatoms. The van der Waals surface area contributed by atoms with Gasteiger partial charge in [0.05, 0.1) is 0 Å². The molecule has 0 aliphatic carbocycles. The van der Waals surface area contributed by atoms with Crippen molar-refractivity contribution in [2.24, 2.45) is 0 Å². The summed E-state index contributed by atoms with van der Waals surface area (Å²) in [6, 6.07) is 0. The minimum Gasteiger partial charge on any atom is -0.349 e. The summed E-state index contributed by atoms with van der Waals surface area (Å²) in [5, 5.41) is 9.10. The van der Waals surface area contributed by atoms with Crippen LogP contribution in [0.4, 0.5) is 0 Å². The Kier molecular flexibility index (Phi) is 4.06. The average molecular weight is 198 g/mol. The number of carbonyl (C=O) groups is 1. The predicted octanol–water partition coefficient (Wildman–Crippen LogP) is -0.419. The second kappa shape index (κ2) is 5.33. The van der Waals surface area contributed by atoms with Crippen LogP contribution in [-0.2, 0) is 6.42 Å². The number of rotatable bonds is 5. The molecule has 0 unspecified atom stereocenters. The summed E-state index contributed by atoms with van der Waals surface area (Å²) >= 11 is 0. The van der Waals surface area contributed by atoms with Crippen molar-refractivity contribution in [2.75, 3.05) is 20.1 Å². The van der Waals surface area contributed by atoms with Gasteiger partial charge in [-0.3, -0.25) is 4.79 Å². The fourth-order valence-electron chi connectivity index (χ4n) is 0.920. The molecule has 1 amide bonds. The van der Waals surface area contributed by atoms with Gasteiger partial charge in [-0.05, 0) is 14.0 Å². The Hall–Kier alpha value is -1.43.